The number of carbonyl (C=O) groups excluding carboxylic acids is 1. The van der Waals surface area contributed by atoms with Crippen molar-refractivity contribution in [2.75, 3.05) is 6.54 Å². The quantitative estimate of drug-likeness (QED) is 0.188. The first-order valence-electron chi connectivity index (χ1n) is 5.93. The SMILES string of the molecule is C=C[C@H](CCCN=[N+]=[N-])[C@H](N)C(=O)OC(C)(C)C. The van der Waals surface area contributed by atoms with E-state index in [9.17, 15) is 4.79 Å². The number of nitrogens with zero attached hydrogens (tertiary/aromatic N) is 3. The fourth-order valence-electron chi connectivity index (χ4n) is 1.43. The van der Waals surface area contributed by atoms with E-state index in [1.807, 2.05) is 0 Å². The molecule has 0 amide bonds. The van der Waals surface area contributed by atoms with Crippen LogP contribution in [0.25, 0.3) is 10.4 Å². The number of esters is 1. The van der Waals surface area contributed by atoms with Crippen LogP contribution in [0.4, 0.5) is 0 Å². The molecule has 0 saturated heterocycles. The summed E-state index contributed by atoms with van der Waals surface area (Å²) in [5, 5.41) is 3.43. The maximum absolute atomic E-state index is 11.8. The first-order chi connectivity index (χ1) is 8.31. The fraction of sp³-hybridized carbons (Fsp3) is 0.750. The molecule has 6 nitrogen and oxygen atoms in total. The molecule has 0 aliphatic rings. The van der Waals surface area contributed by atoms with Crippen molar-refractivity contribution in [3.05, 3.63) is 23.1 Å². The lowest BCUT2D eigenvalue weighted by atomic mass is 9.95. The normalized spacial score (nSPS) is 14.2. The second-order valence-corrected chi connectivity index (χ2v) is 5.06. The molecular formula is C12H22N4O2. The van der Waals surface area contributed by atoms with Gasteiger partial charge in [0.25, 0.3) is 0 Å². The predicted octanol–water partition coefficient (Wildman–Crippen LogP) is 2.55. The third kappa shape index (κ3) is 6.93. The molecule has 0 heterocycles. The fourth-order valence-corrected chi connectivity index (χ4v) is 1.43. The first-order valence-corrected chi connectivity index (χ1v) is 5.93. The van der Waals surface area contributed by atoms with Gasteiger partial charge in [-0.2, -0.15) is 0 Å². The second-order valence-electron chi connectivity index (χ2n) is 5.06. The van der Waals surface area contributed by atoms with Gasteiger partial charge >= 0.3 is 5.97 Å². The average molecular weight is 254 g/mol. The summed E-state index contributed by atoms with van der Waals surface area (Å²) in [5.74, 6) is -0.607. The van der Waals surface area contributed by atoms with E-state index < -0.39 is 17.6 Å². The van der Waals surface area contributed by atoms with Crippen molar-refractivity contribution in [2.45, 2.75) is 45.3 Å². The van der Waals surface area contributed by atoms with Gasteiger partial charge in [-0.25, -0.2) is 0 Å². The molecule has 0 radical (unpaired) electrons. The van der Waals surface area contributed by atoms with Crippen molar-refractivity contribution in [2.24, 2.45) is 16.8 Å². The molecule has 0 bridgehead atoms. The summed E-state index contributed by atoms with van der Waals surface area (Å²) in [4.78, 5) is 14.4. The van der Waals surface area contributed by atoms with Crippen molar-refractivity contribution in [1.82, 2.24) is 0 Å². The molecule has 0 rings (SSSR count). The lowest BCUT2D eigenvalue weighted by molar-refractivity contribution is -0.157. The zero-order chi connectivity index (χ0) is 14.2. The van der Waals surface area contributed by atoms with Crippen LogP contribution in [0.15, 0.2) is 17.8 Å². The molecule has 0 aliphatic heterocycles. The minimum atomic E-state index is -0.729. The number of ether oxygens (including phenoxy) is 1. The molecule has 0 aromatic carbocycles. The standard InChI is InChI=1S/C12H22N4O2/c1-5-9(7-6-8-15-16-14)10(13)11(17)18-12(2,3)4/h5,9-10H,1,6-8,13H2,2-4H3/t9-,10+/m1/s1. The Morgan fingerprint density at radius 3 is 2.67 bits per heavy atom. The maximum Gasteiger partial charge on any atom is 0.324 e. The van der Waals surface area contributed by atoms with Gasteiger partial charge in [0.05, 0.1) is 0 Å². The first kappa shape index (κ1) is 16.5. The van der Waals surface area contributed by atoms with Crippen LogP contribution in [-0.4, -0.2) is 24.2 Å². The minimum Gasteiger partial charge on any atom is -0.459 e. The van der Waals surface area contributed by atoms with Crippen molar-refractivity contribution in [1.29, 1.82) is 0 Å². The van der Waals surface area contributed by atoms with Gasteiger partial charge in [-0.15, -0.1) is 6.58 Å². The lowest BCUT2D eigenvalue weighted by Gasteiger charge is -2.25. The van der Waals surface area contributed by atoms with E-state index in [2.05, 4.69) is 16.6 Å². The highest BCUT2D eigenvalue weighted by atomic mass is 16.6. The Kier molecular flexibility index (Phi) is 7.08. The number of carbonyl (C=O) groups is 1. The van der Waals surface area contributed by atoms with Gasteiger partial charge in [0, 0.05) is 17.4 Å². The summed E-state index contributed by atoms with van der Waals surface area (Å²) in [6.45, 7) is 9.44. The number of hydrogen-bond acceptors (Lipinski definition) is 4. The van der Waals surface area contributed by atoms with E-state index >= 15 is 0 Å². The summed E-state index contributed by atoms with van der Waals surface area (Å²) >= 11 is 0. The van der Waals surface area contributed by atoms with Gasteiger partial charge in [-0.05, 0) is 39.1 Å². The van der Waals surface area contributed by atoms with E-state index in [-0.39, 0.29) is 5.92 Å². The van der Waals surface area contributed by atoms with Crippen LogP contribution in [-0.2, 0) is 9.53 Å². The minimum absolute atomic E-state index is 0.172. The molecule has 18 heavy (non-hydrogen) atoms. The highest BCUT2D eigenvalue weighted by Crippen LogP contribution is 2.16. The summed E-state index contributed by atoms with van der Waals surface area (Å²) in [6, 6.07) is -0.729. The van der Waals surface area contributed by atoms with Gasteiger partial charge in [0.2, 0.25) is 0 Å². The third-order valence-electron chi connectivity index (χ3n) is 2.30. The molecule has 0 saturated carbocycles. The Balaban J connectivity index is 4.32. The number of rotatable bonds is 7. The molecule has 0 fully saturated rings. The summed E-state index contributed by atoms with van der Waals surface area (Å²) in [6.07, 6.45) is 2.95. The summed E-state index contributed by atoms with van der Waals surface area (Å²) < 4.78 is 5.22. The Bertz CT molecular complexity index is 329. The number of hydrogen-bond donors (Lipinski definition) is 1. The number of nitrogens with two attached hydrogens (primary N) is 1. The van der Waals surface area contributed by atoms with Gasteiger partial charge in [0.1, 0.15) is 11.6 Å². The zero-order valence-corrected chi connectivity index (χ0v) is 11.3. The van der Waals surface area contributed by atoms with E-state index in [0.29, 0.717) is 19.4 Å². The molecule has 2 N–H and O–H groups in total. The topological polar surface area (TPSA) is 101 Å². The van der Waals surface area contributed by atoms with E-state index in [4.69, 9.17) is 16.0 Å². The predicted molar refractivity (Wildman–Crippen MR) is 70.8 cm³/mol. The van der Waals surface area contributed by atoms with Crippen LogP contribution in [0.5, 0.6) is 0 Å². The lowest BCUT2D eigenvalue weighted by Crippen LogP contribution is -2.42. The van der Waals surface area contributed by atoms with Crippen LogP contribution in [0, 0.1) is 5.92 Å². The smallest absolute Gasteiger partial charge is 0.324 e. The van der Waals surface area contributed by atoms with Crippen molar-refractivity contribution in [3.8, 4) is 0 Å². The highest BCUT2D eigenvalue weighted by Gasteiger charge is 2.27. The molecular weight excluding hydrogens is 232 g/mol. The molecule has 2 atom stereocenters. The summed E-state index contributed by atoms with van der Waals surface area (Å²) in [7, 11) is 0. The molecule has 0 aromatic rings. The Morgan fingerprint density at radius 1 is 1.61 bits per heavy atom. The molecule has 0 spiro atoms. The van der Waals surface area contributed by atoms with Crippen molar-refractivity contribution in [3.63, 3.8) is 0 Å². The van der Waals surface area contributed by atoms with Crippen molar-refractivity contribution >= 4 is 5.97 Å². The second kappa shape index (κ2) is 7.74. The van der Waals surface area contributed by atoms with Crippen LogP contribution in [0.2, 0.25) is 0 Å². The number of azide groups is 1. The molecule has 6 heteroatoms. The highest BCUT2D eigenvalue weighted by molar-refractivity contribution is 5.76. The van der Waals surface area contributed by atoms with Gasteiger partial charge in [-0.1, -0.05) is 11.2 Å². The largest absolute Gasteiger partial charge is 0.459 e. The molecule has 0 aromatic heterocycles. The zero-order valence-electron chi connectivity index (χ0n) is 11.3. The van der Waals surface area contributed by atoms with Gasteiger partial charge < -0.3 is 10.5 Å². The molecule has 0 aliphatic carbocycles. The third-order valence-corrected chi connectivity index (χ3v) is 2.30. The van der Waals surface area contributed by atoms with Crippen LogP contribution >= 0.6 is 0 Å². The molecule has 0 unspecified atom stereocenters. The van der Waals surface area contributed by atoms with Crippen LogP contribution in [0.1, 0.15) is 33.6 Å². The Labute approximate surface area is 108 Å². The van der Waals surface area contributed by atoms with Crippen molar-refractivity contribution < 1.29 is 9.53 Å². The average Bonchev–Trinajstić information content (AvgIpc) is 2.26. The van der Waals surface area contributed by atoms with Crippen LogP contribution < -0.4 is 5.73 Å². The van der Waals surface area contributed by atoms with E-state index in [0.717, 1.165) is 0 Å². The molecule has 102 valence electrons. The van der Waals surface area contributed by atoms with E-state index in [1.54, 1.807) is 26.8 Å². The van der Waals surface area contributed by atoms with Crippen LogP contribution in [0.3, 0.4) is 0 Å². The van der Waals surface area contributed by atoms with E-state index in [1.165, 1.54) is 0 Å². The monoisotopic (exact) mass is 254 g/mol. The Morgan fingerprint density at radius 2 is 2.22 bits per heavy atom. The Hall–Kier alpha value is -1.52. The van der Waals surface area contributed by atoms with Gasteiger partial charge in [0.15, 0.2) is 0 Å². The summed E-state index contributed by atoms with van der Waals surface area (Å²) in [5.41, 5.74) is 13.4. The van der Waals surface area contributed by atoms with Gasteiger partial charge in [-0.3, -0.25) is 4.79 Å². The maximum atomic E-state index is 11.8.